The highest BCUT2D eigenvalue weighted by Gasteiger charge is 2.45. The van der Waals surface area contributed by atoms with Crippen LogP contribution in [0.15, 0.2) is 142 Å². The van der Waals surface area contributed by atoms with Crippen molar-refractivity contribution in [3.05, 3.63) is 178 Å². The monoisotopic (exact) mass is 704 g/mol. The molecule has 1 aliphatic heterocycles. The van der Waals surface area contributed by atoms with Gasteiger partial charge in [0.05, 0.1) is 0 Å². The second-order valence-electron chi connectivity index (χ2n) is 14.9. The number of fused-ring (bicyclic) bond motifs is 2. The first-order chi connectivity index (χ1) is 25.7. The Balaban J connectivity index is 1.37. The van der Waals surface area contributed by atoms with E-state index in [0.29, 0.717) is 11.8 Å². The maximum absolute atomic E-state index is 6.54. The maximum Gasteiger partial charge on any atom is 0.227 e. The Labute approximate surface area is 311 Å². The fourth-order valence-electron chi connectivity index (χ4n) is 8.20. The molecule has 0 saturated carbocycles. The molecule has 1 aliphatic rings. The summed E-state index contributed by atoms with van der Waals surface area (Å²) in [7, 11) is -2.61. The maximum atomic E-state index is 6.54. The molecule has 0 saturated heterocycles. The SMILES string of the molecule is Cc1cccc(C2=C(c3ccccc3-c3nc4cc(C)ccc4o3)[Si](C)(C)C(c3ccccc3-c3nc4cc(C)ccc4o3)=C2c2cccc(C)c2)c1. The van der Waals surface area contributed by atoms with Crippen molar-refractivity contribution >= 4 is 51.8 Å². The van der Waals surface area contributed by atoms with Crippen molar-refractivity contribution in [1.29, 1.82) is 0 Å². The largest absolute Gasteiger partial charge is 0.436 e. The molecule has 0 amide bonds. The Morgan fingerprint density at radius 1 is 0.415 bits per heavy atom. The summed E-state index contributed by atoms with van der Waals surface area (Å²) in [5, 5.41) is 2.71. The molecule has 0 fully saturated rings. The van der Waals surface area contributed by atoms with E-state index in [-0.39, 0.29) is 0 Å². The number of aromatic nitrogens is 2. The minimum Gasteiger partial charge on any atom is -0.436 e. The molecule has 0 atom stereocenters. The summed E-state index contributed by atoms with van der Waals surface area (Å²) in [5.74, 6) is 1.27. The van der Waals surface area contributed by atoms with Gasteiger partial charge in [-0.1, -0.05) is 121 Å². The third-order valence-corrected chi connectivity index (χ3v) is 14.1. The first-order valence-electron chi connectivity index (χ1n) is 18.2. The minimum absolute atomic E-state index is 0.634. The molecule has 0 spiro atoms. The van der Waals surface area contributed by atoms with Crippen LogP contribution in [-0.4, -0.2) is 18.0 Å². The van der Waals surface area contributed by atoms with Crippen LogP contribution in [0, 0.1) is 27.7 Å². The van der Waals surface area contributed by atoms with E-state index in [1.165, 1.54) is 43.8 Å². The van der Waals surface area contributed by atoms with Crippen molar-refractivity contribution in [2.45, 2.75) is 40.8 Å². The molecule has 258 valence electrons. The van der Waals surface area contributed by atoms with Crippen molar-refractivity contribution in [3.8, 4) is 22.9 Å². The summed E-state index contributed by atoms with van der Waals surface area (Å²) in [4.78, 5) is 10.1. The van der Waals surface area contributed by atoms with Gasteiger partial charge in [-0.2, -0.15) is 0 Å². The summed E-state index contributed by atoms with van der Waals surface area (Å²) >= 11 is 0. The van der Waals surface area contributed by atoms with Crippen LogP contribution in [0.5, 0.6) is 0 Å². The highest BCUT2D eigenvalue weighted by atomic mass is 28.3. The molecule has 6 aromatic carbocycles. The second kappa shape index (κ2) is 12.6. The molecule has 0 N–H and O–H groups in total. The lowest BCUT2D eigenvalue weighted by atomic mass is 9.87. The van der Waals surface area contributed by atoms with E-state index in [4.69, 9.17) is 18.8 Å². The van der Waals surface area contributed by atoms with Crippen LogP contribution in [-0.2, 0) is 0 Å². The third-order valence-electron chi connectivity index (χ3n) is 10.6. The topological polar surface area (TPSA) is 52.1 Å². The Morgan fingerprint density at radius 3 is 1.23 bits per heavy atom. The molecule has 0 unspecified atom stereocenters. The first-order valence-corrected chi connectivity index (χ1v) is 21.2. The van der Waals surface area contributed by atoms with Gasteiger partial charge in [-0.15, -0.1) is 0 Å². The van der Waals surface area contributed by atoms with Crippen LogP contribution in [0.3, 0.4) is 0 Å². The van der Waals surface area contributed by atoms with Gasteiger partial charge < -0.3 is 8.83 Å². The number of nitrogens with zero attached hydrogens (tertiary/aromatic N) is 2. The Morgan fingerprint density at radius 2 is 0.811 bits per heavy atom. The Bertz CT molecular complexity index is 2620. The molecule has 4 nitrogen and oxygen atoms in total. The molecule has 0 bridgehead atoms. The molecular weight excluding hydrogens is 665 g/mol. The van der Waals surface area contributed by atoms with Gasteiger partial charge >= 0.3 is 0 Å². The van der Waals surface area contributed by atoms with Crippen molar-refractivity contribution < 1.29 is 8.83 Å². The molecule has 9 rings (SSSR count). The fraction of sp³-hybridized carbons (Fsp3) is 0.125. The second-order valence-corrected chi connectivity index (χ2v) is 19.2. The van der Waals surface area contributed by atoms with Gasteiger partial charge in [0.2, 0.25) is 11.8 Å². The number of rotatable bonds is 6. The normalized spacial score (nSPS) is 14.2. The van der Waals surface area contributed by atoms with Gasteiger partial charge in [0, 0.05) is 11.1 Å². The smallest absolute Gasteiger partial charge is 0.227 e. The number of benzene rings is 6. The van der Waals surface area contributed by atoms with E-state index in [1.54, 1.807) is 0 Å². The van der Waals surface area contributed by atoms with Gasteiger partial charge in [-0.3, -0.25) is 0 Å². The van der Waals surface area contributed by atoms with Gasteiger partial charge in [-0.05, 0) is 119 Å². The molecule has 53 heavy (non-hydrogen) atoms. The quantitative estimate of drug-likeness (QED) is 0.162. The third kappa shape index (κ3) is 5.60. The summed E-state index contributed by atoms with van der Waals surface area (Å²) < 4.78 is 13.1. The van der Waals surface area contributed by atoms with Gasteiger partial charge in [0.15, 0.2) is 11.2 Å². The highest BCUT2D eigenvalue weighted by Crippen LogP contribution is 2.57. The molecule has 5 heteroatoms. The van der Waals surface area contributed by atoms with E-state index in [9.17, 15) is 0 Å². The molecular formula is C48H40N2O2Si. The van der Waals surface area contributed by atoms with E-state index in [1.807, 2.05) is 12.1 Å². The molecule has 0 aliphatic carbocycles. The highest BCUT2D eigenvalue weighted by molar-refractivity contribution is 7.13. The lowest BCUT2D eigenvalue weighted by Gasteiger charge is -2.28. The van der Waals surface area contributed by atoms with Gasteiger partial charge in [-0.25, -0.2) is 9.97 Å². The van der Waals surface area contributed by atoms with Gasteiger partial charge in [0.25, 0.3) is 0 Å². The van der Waals surface area contributed by atoms with Crippen molar-refractivity contribution in [1.82, 2.24) is 9.97 Å². The predicted molar refractivity (Wildman–Crippen MR) is 222 cm³/mol. The van der Waals surface area contributed by atoms with E-state index in [2.05, 4.69) is 162 Å². The van der Waals surface area contributed by atoms with Crippen molar-refractivity contribution in [3.63, 3.8) is 0 Å². The molecule has 3 heterocycles. The summed E-state index contributed by atoms with van der Waals surface area (Å²) in [6, 6.07) is 47.6. The zero-order valence-corrected chi connectivity index (χ0v) is 31.9. The van der Waals surface area contributed by atoms with Crippen LogP contribution < -0.4 is 0 Å². The molecule has 8 aromatic rings. The summed E-state index contributed by atoms with van der Waals surface area (Å²) in [5.41, 5.74) is 17.3. The molecule has 2 aromatic heterocycles. The lowest BCUT2D eigenvalue weighted by Crippen LogP contribution is -2.29. The minimum atomic E-state index is -2.61. The van der Waals surface area contributed by atoms with E-state index < -0.39 is 8.07 Å². The van der Waals surface area contributed by atoms with Crippen molar-refractivity contribution in [2.24, 2.45) is 0 Å². The fourth-order valence-corrected chi connectivity index (χ4v) is 12.0. The van der Waals surface area contributed by atoms with Crippen LogP contribution in [0.1, 0.15) is 44.5 Å². The van der Waals surface area contributed by atoms with Crippen LogP contribution in [0.25, 0.3) is 66.6 Å². The number of allylic oxidation sites excluding steroid dienone is 2. The standard InChI is InChI=1S/C48H40N2O2Si/c1-29-13-11-15-33(25-29)43-44(34-16-12-14-30(2)26-34)46(36-18-8-10-20-38(36)48-50-40-28-32(4)22-24-42(40)52-48)53(5,6)45(43)35-17-7-9-19-37(35)47-49-39-27-31(3)21-23-41(39)51-47/h7-28H,1-6H3. The van der Waals surface area contributed by atoms with E-state index >= 15 is 0 Å². The average molecular weight is 705 g/mol. The van der Waals surface area contributed by atoms with Crippen LogP contribution in [0.2, 0.25) is 13.1 Å². The van der Waals surface area contributed by atoms with E-state index in [0.717, 1.165) is 55.6 Å². The number of hydrogen-bond acceptors (Lipinski definition) is 4. The summed E-state index contributed by atoms with van der Waals surface area (Å²) in [6.07, 6.45) is 0. The van der Waals surface area contributed by atoms with Crippen LogP contribution >= 0.6 is 0 Å². The average Bonchev–Trinajstić information content (AvgIpc) is 3.83. The Kier molecular flexibility index (Phi) is 7.79. The lowest BCUT2D eigenvalue weighted by molar-refractivity contribution is 0.619. The molecule has 0 radical (unpaired) electrons. The van der Waals surface area contributed by atoms with Crippen LogP contribution in [0.4, 0.5) is 0 Å². The number of oxazole rings is 2. The zero-order valence-electron chi connectivity index (χ0n) is 30.9. The van der Waals surface area contributed by atoms with Crippen molar-refractivity contribution in [2.75, 3.05) is 0 Å². The predicted octanol–water partition coefficient (Wildman–Crippen LogP) is 12.9. The number of aryl methyl sites for hydroxylation is 4. The zero-order chi connectivity index (χ0) is 36.4. The first kappa shape index (κ1) is 32.8. The van der Waals surface area contributed by atoms with Gasteiger partial charge in [0.1, 0.15) is 19.1 Å². The number of hydrogen-bond donors (Lipinski definition) is 0. The summed E-state index contributed by atoms with van der Waals surface area (Å²) in [6.45, 7) is 13.5. The Hall–Kier alpha value is -6.04.